The first kappa shape index (κ1) is 14.4. The van der Waals surface area contributed by atoms with E-state index in [1.165, 1.54) is 11.3 Å². The Balaban J connectivity index is 1.80. The summed E-state index contributed by atoms with van der Waals surface area (Å²) in [6.07, 6.45) is 0. The van der Waals surface area contributed by atoms with Gasteiger partial charge >= 0.3 is 17.8 Å². The Bertz CT molecular complexity index is 737. The number of thiophene rings is 1. The second kappa shape index (κ2) is 5.34. The Hall–Kier alpha value is -2.55. The fourth-order valence-corrected chi connectivity index (χ4v) is 2.73. The van der Waals surface area contributed by atoms with Crippen LogP contribution in [0.1, 0.15) is 19.7 Å². The van der Waals surface area contributed by atoms with Crippen LogP contribution in [0.3, 0.4) is 0 Å². The summed E-state index contributed by atoms with van der Waals surface area (Å²) in [5, 5.41) is 5.67. The van der Waals surface area contributed by atoms with Gasteiger partial charge in [-0.15, -0.1) is 11.3 Å². The number of hydrogen-bond donors (Lipinski definition) is 0. The number of nitrogens with zero attached hydrogens (tertiary/aromatic N) is 4. The van der Waals surface area contributed by atoms with Gasteiger partial charge in [-0.25, -0.2) is 9.69 Å². The van der Waals surface area contributed by atoms with Crippen molar-refractivity contribution in [1.29, 1.82) is 0 Å². The molecule has 1 fully saturated rings. The number of aromatic nitrogens is 2. The van der Waals surface area contributed by atoms with E-state index in [9.17, 15) is 14.4 Å². The SMILES string of the molecule is CC(C)N1C(=O)C(=O)N(Cc2nc(-c3cccs3)no2)C1=O. The summed E-state index contributed by atoms with van der Waals surface area (Å²) >= 11 is 1.44. The van der Waals surface area contributed by atoms with Crippen LogP contribution >= 0.6 is 11.3 Å². The number of carbonyl (C=O) groups excluding carboxylic acids is 3. The van der Waals surface area contributed by atoms with Crippen LogP contribution in [0.5, 0.6) is 0 Å². The summed E-state index contributed by atoms with van der Waals surface area (Å²) in [5.74, 6) is -1.23. The van der Waals surface area contributed by atoms with Crippen LogP contribution in [-0.2, 0) is 16.1 Å². The van der Waals surface area contributed by atoms with Crippen LogP contribution in [0, 0.1) is 0 Å². The van der Waals surface area contributed by atoms with Crippen LogP contribution in [0.4, 0.5) is 4.79 Å². The van der Waals surface area contributed by atoms with E-state index in [0.717, 1.165) is 14.7 Å². The van der Waals surface area contributed by atoms with Gasteiger partial charge < -0.3 is 4.52 Å². The molecule has 1 saturated heterocycles. The van der Waals surface area contributed by atoms with Gasteiger partial charge in [-0.2, -0.15) is 4.98 Å². The maximum atomic E-state index is 12.1. The van der Waals surface area contributed by atoms with Gasteiger partial charge in [0.05, 0.1) is 4.88 Å². The molecule has 0 aromatic carbocycles. The highest BCUT2D eigenvalue weighted by Gasteiger charge is 2.46. The minimum absolute atomic E-state index is 0.100. The van der Waals surface area contributed by atoms with E-state index in [1.807, 2.05) is 17.5 Å². The summed E-state index contributed by atoms with van der Waals surface area (Å²) in [6, 6.07) is 2.62. The average molecular weight is 320 g/mol. The van der Waals surface area contributed by atoms with E-state index in [0.29, 0.717) is 5.82 Å². The van der Waals surface area contributed by atoms with E-state index >= 15 is 0 Å². The molecule has 3 heterocycles. The lowest BCUT2D eigenvalue weighted by Crippen LogP contribution is -2.37. The highest BCUT2D eigenvalue weighted by molar-refractivity contribution is 7.13. The standard InChI is InChI=1S/C13H12N4O4S/c1-7(2)17-12(19)11(18)16(13(17)20)6-9-14-10(15-21-9)8-4-3-5-22-8/h3-5,7H,6H2,1-2H3. The molecule has 2 aromatic rings. The Kier molecular flexibility index (Phi) is 3.49. The van der Waals surface area contributed by atoms with Crippen molar-refractivity contribution >= 4 is 29.2 Å². The molecule has 0 saturated carbocycles. The molecule has 0 atom stereocenters. The lowest BCUT2D eigenvalue weighted by Gasteiger charge is -2.17. The lowest BCUT2D eigenvalue weighted by molar-refractivity contribution is -0.144. The van der Waals surface area contributed by atoms with E-state index < -0.39 is 23.9 Å². The van der Waals surface area contributed by atoms with Crippen molar-refractivity contribution in [1.82, 2.24) is 19.9 Å². The van der Waals surface area contributed by atoms with Crippen LogP contribution in [0.25, 0.3) is 10.7 Å². The maximum Gasteiger partial charge on any atom is 0.334 e. The van der Waals surface area contributed by atoms with E-state index in [1.54, 1.807) is 13.8 Å². The van der Waals surface area contributed by atoms with Crippen molar-refractivity contribution in [2.75, 3.05) is 0 Å². The molecular formula is C13H12N4O4S. The van der Waals surface area contributed by atoms with Crippen molar-refractivity contribution in [2.45, 2.75) is 26.4 Å². The third-order valence-electron chi connectivity index (χ3n) is 3.10. The molecule has 22 heavy (non-hydrogen) atoms. The first-order chi connectivity index (χ1) is 10.5. The summed E-state index contributed by atoms with van der Waals surface area (Å²) in [6.45, 7) is 3.10. The molecule has 1 aliphatic rings. The average Bonchev–Trinajstić information content (AvgIpc) is 3.17. The van der Waals surface area contributed by atoms with Gasteiger partial charge in [0.25, 0.3) is 0 Å². The zero-order chi connectivity index (χ0) is 15.9. The summed E-state index contributed by atoms with van der Waals surface area (Å²) in [7, 11) is 0. The van der Waals surface area contributed by atoms with Crippen molar-refractivity contribution < 1.29 is 18.9 Å². The number of amides is 4. The Labute approximate surface area is 129 Å². The number of rotatable bonds is 4. The molecule has 4 amide bonds. The first-order valence-corrected chi connectivity index (χ1v) is 7.42. The fraction of sp³-hybridized carbons (Fsp3) is 0.308. The summed E-state index contributed by atoms with van der Waals surface area (Å²) < 4.78 is 5.05. The van der Waals surface area contributed by atoms with Gasteiger partial charge in [-0.05, 0) is 25.3 Å². The molecule has 0 unspecified atom stereocenters. The summed E-state index contributed by atoms with van der Waals surface area (Å²) in [5.41, 5.74) is 0. The predicted octanol–water partition coefficient (Wildman–Crippen LogP) is 1.50. The zero-order valence-corrected chi connectivity index (χ0v) is 12.7. The van der Waals surface area contributed by atoms with Crippen molar-refractivity contribution in [3.8, 4) is 10.7 Å². The van der Waals surface area contributed by atoms with Gasteiger partial charge in [0.15, 0.2) is 0 Å². The van der Waals surface area contributed by atoms with Crippen LogP contribution in [-0.4, -0.2) is 43.8 Å². The van der Waals surface area contributed by atoms with Crippen LogP contribution < -0.4 is 0 Å². The molecule has 0 N–H and O–H groups in total. The normalized spacial score (nSPS) is 15.5. The van der Waals surface area contributed by atoms with Crippen molar-refractivity contribution in [3.63, 3.8) is 0 Å². The minimum atomic E-state index is -0.880. The quantitative estimate of drug-likeness (QED) is 0.625. The highest BCUT2D eigenvalue weighted by Crippen LogP contribution is 2.23. The number of urea groups is 1. The van der Waals surface area contributed by atoms with Crippen molar-refractivity contribution in [2.24, 2.45) is 0 Å². The molecule has 1 aliphatic heterocycles. The lowest BCUT2D eigenvalue weighted by atomic mass is 10.3. The molecule has 9 heteroatoms. The molecule has 0 radical (unpaired) electrons. The monoisotopic (exact) mass is 320 g/mol. The van der Waals surface area contributed by atoms with Gasteiger partial charge in [-0.3, -0.25) is 14.5 Å². The van der Waals surface area contributed by atoms with Gasteiger partial charge in [-0.1, -0.05) is 11.2 Å². The van der Waals surface area contributed by atoms with Crippen LogP contribution in [0.15, 0.2) is 22.0 Å². The molecule has 0 bridgehead atoms. The zero-order valence-electron chi connectivity index (χ0n) is 11.8. The predicted molar refractivity (Wildman–Crippen MR) is 75.5 cm³/mol. The van der Waals surface area contributed by atoms with E-state index in [-0.39, 0.29) is 12.4 Å². The van der Waals surface area contributed by atoms with E-state index in [2.05, 4.69) is 10.1 Å². The molecule has 0 aliphatic carbocycles. The second-order valence-corrected chi connectivity index (χ2v) is 5.88. The Morgan fingerprint density at radius 2 is 2.05 bits per heavy atom. The highest BCUT2D eigenvalue weighted by atomic mass is 32.1. The fourth-order valence-electron chi connectivity index (χ4n) is 2.08. The first-order valence-electron chi connectivity index (χ1n) is 6.54. The topological polar surface area (TPSA) is 96.6 Å². The Morgan fingerprint density at radius 1 is 1.27 bits per heavy atom. The Morgan fingerprint density at radius 3 is 2.64 bits per heavy atom. The molecule has 0 spiro atoms. The molecule has 2 aromatic heterocycles. The maximum absolute atomic E-state index is 12.1. The second-order valence-electron chi connectivity index (χ2n) is 4.93. The van der Waals surface area contributed by atoms with Gasteiger partial charge in [0.1, 0.15) is 6.54 Å². The van der Waals surface area contributed by atoms with Gasteiger partial charge in [0.2, 0.25) is 11.7 Å². The number of carbonyl (C=O) groups is 3. The smallest absolute Gasteiger partial charge is 0.334 e. The van der Waals surface area contributed by atoms with Crippen molar-refractivity contribution in [3.05, 3.63) is 23.4 Å². The molecule has 8 nitrogen and oxygen atoms in total. The molecular weight excluding hydrogens is 308 g/mol. The molecule has 114 valence electrons. The van der Waals surface area contributed by atoms with E-state index in [4.69, 9.17) is 4.52 Å². The molecule has 3 rings (SSSR count). The largest absolute Gasteiger partial charge is 0.337 e. The number of hydrogen-bond acceptors (Lipinski definition) is 7. The third kappa shape index (κ3) is 2.29. The summed E-state index contributed by atoms with van der Waals surface area (Å²) in [4.78, 5) is 42.5. The minimum Gasteiger partial charge on any atom is -0.337 e. The number of imide groups is 2. The third-order valence-corrected chi connectivity index (χ3v) is 3.97. The van der Waals surface area contributed by atoms with Crippen LogP contribution in [0.2, 0.25) is 0 Å². The van der Waals surface area contributed by atoms with Gasteiger partial charge in [0, 0.05) is 6.04 Å².